The first-order valence-corrected chi connectivity index (χ1v) is 6.81. The van der Waals surface area contributed by atoms with Crippen molar-refractivity contribution in [2.45, 2.75) is 24.9 Å². The van der Waals surface area contributed by atoms with Gasteiger partial charge in [0, 0.05) is 5.56 Å². The first kappa shape index (κ1) is 14.3. The number of halogens is 2. The number of benzene rings is 1. The molecule has 5 nitrogen and oxygen atoms in total. The lowest BCUT2D eigenvalue weighted by Crippen LogP contribution is -2.31. The number of para-hydroxylation sites is 1. The Hall–Kier alpha value is -2.62. The van der Waals surface area contributed by atoms with Crippen LogP contribution in [0.15, 0.2) is 30.5 Å². The van der Waals surface area contributed by atoms with Gasteiger partial charge in [-0.3, -0.25) is 0 Å². The van der Waals surface area contributed by atoms with Gasteiger partial charge < -0.3 is 10.1 Å². The van der Waals surface area contributed by atoms with Crippen LogP contribution in [-0.2, 0) is 0 Å². The molecule has 2 atom stereocenters. The highest BCUT2D eigenvalue weighted by Crippen LogP contribution is 2.41. The number of methoxy groups -OCH3 is 1. The molecular weight excluding hydrogens is 290 g/mol. The first-order valence-electron chi connectivity index (χ1n) is 6.81. The van der Waals surface area contributed by atoms with E-state index in [1.807, 2.05) is 24.3 Å². The number of fused-ring (bicyclic) bond motifs is 1. The monoisotopic (exact) mass is 304 g/mol. The average Bonchev–Trinajstić information content (AvgIpc) is 2.96. The summed E-state index contributed by atoms with van der Waals surface area (Å²) in [4.78, 5) is 0. The first-order chi connectivity index (χ1) is 10.7. The quantitative estimate of drug-likeness (QED) is 0.946. The fourth-order valence-electron chi connectivity index (χ4n) is 2.77. The summed E-state index contributed by atoms with van der Waals surface area (Å²) in [5.41, 5.74) is 1.04. The summed E-state index contributed by atoms with van der Waals surface area (Å²) < 4.78 is 33.3. The molecule has 0 saturated carbocycles. The number of rotatable bonds is 3. The maximum Gasteiger partial charge on any atom is 0.260 e. The Bertz CT molecular complexity index is 723. The summed E-state index contributed by atoms with van der Waals surface area (Å²) in [5, 5.41) is 16.2. The second kappa shape index (κ2) is 5.64. The van der Waals surface area contributed by atoms with Crippen LogP contribution >= 0.6 is 0 Å². The smallest absolute Gasteiger partial charge is 0.260 e. The highest BCUT2D eigenvalue weighted by atomic mass is 19.3. The SMILES string of the molecule is COc1ccccc1[C@@H]1C[C@H](C(F)F)n2ncc(C#N)c2N1. The normalized spacial score (nSPS) is 20.1. The van der Waals surface area contributed by atoms with Gasteiger partial charge in [-0.05, 0) is 12.5 Å². The number of hydrogen-bond donors (Lipinski definition) is 1. The number of ether oxygens (including phenoxy) is 1. The zero-order valence-electron chi connectivity index (χ0n) is 11.8. The van der Waals surface area contributed by atoms with Gasteiger partial charge >= 0.3 is 0 Å². The van der Waals surface area contributed by atoms with Crippen molar-refractivity contribution in [2.24, 2.45) is 0 Å². The van der Waals surface area contributed by atoms with Crippen molar-refractivity contribution in [3.63, 3.8) is 0 Å². The summed E-state index contributed by atoms with van der Waals surface area (Å²) in [6, 6.07) is 7.79. The molecule has 0 bridgehead atoms. The third-order valence-electron chi connectivity index (χ3n) is 3.82. The van der Waals surface area contributed by atoms with E-state index in [9.17, 15) is 8.78 Å². The number of nitriles is 1. The second-order valence-corrected chi connectivity index (χ2v) is 5.04. The third kappa shape index (κ3) is 2.26. The number of nitrogens with one attached hydrogen (secondary N) is 1. The summed E-state index contributed by atoms with van der Waals surface area (Å²) in [6.07, 6.45) is -1.09. The molecule has 22 heavy (non-hydrogen) atoms. The molecule has 1 aliphatic rings. The highest BCUT2D eigenvalue weighted by Gasteiger charge is 2.36. The molecule has 0 spiro atoms. The minimum Gasteiger partial charge on any atom is -0.496 e. The highest BCUT2D eigenvalue weighted by molar-refractivity contribution is 5.55. The van der Waals surface area contributed by atoms with Crippen LogP contribution in [0.4, 0.5) is 14.6 Å². The van der Waals surface area contributed by atoms with Crippen LogP contribution < -0.4 is 10.1 Å². The number of aromatic nitrogens is 2. The molecule has 114 valence electrons. The van der Waals surface area contributed by atoms with E-state index in [1.54, 1.807) is 6.07 Å². The van der Waals surface area contributed by atoms with E-state index < -0.39 is 12.5 Å². The minimum atomic E-state index is -2.57. The minimum absolute atomic E-state index is 0.164. The number of nitrogens with zero attached hydrogens (tertiary/aromatic N) is 3. The van der Waals surface area contributed by atoms with E-state index in [0.717, 1.165) is 5.56 Å². The molecule has 0 fully saturated rings. The van der Waals surface area contributed by atoms with E-state index >= 15 is 0 Å². The Morgan fingerprint density at radius 1 is 1.45 bits per heavy atom. The summed E-state index contributed by atoms with van der Waals surface area (Å²) in [5.74, 6) is 0.953. The molecule has 1 N–H and O–H groups in total. The number of anilines is 1. The van der Waals surface area contributed by atoms with Crippen LogP contribution in [0.2, 0.25) is 0 Å². The maximum absolute atomic E-state index is 13.4. The largest absolute Gasteiger partial charge is 0.496 e. The van der Waals surface area contributed by atoms with Gasteiger partial charge in [0.2, 0.25) is 0 Å². The van der Waals surface area contributed by atoms with Gasteiger partial charge in [0.05, 0.1) is 19.3 Å². The van der Waals surface area contributed by atoms with Crippen LogP contribution in [0, 0.1) is 11.3 Å². The molecule has 1 aliphatic heterocycles. The number of hydrogen-bond acceptors (Lipinski definition) is 4. The molecule has 0 amide bonds. The molecule has 1 aromatic heterocycles. The third-order valence-corrected chi connectivity index (χ3v) is 3.82. The van der Waals surface area contributed by atoms with Crippen molar-refractivity contribution in [3.8, 4) is 11.8 Å². The molecule has 2 aromatic rings. The Balaban J connectivity index is 2.04. The van der Waals surface area contributed by atoms with Crippen molar-refractivity contribution in [2.75, 3.05) is 12.4 Å². The van der Waals surface area contributed by atoms with Gasteiger partial charge in [-0.15, -0.1) is 0 Å². The van der Waals surface area contributed by atoms with E-state index in [4.69, 9.17) is 10.00 Å². The zero-order valence-corrected chi connectivity index (χ0v) is 11.8. The molecular formula is C15H14F2N4O. The lowest BCUT2D eigenvalue weighted by atomic mass is 9.96. The predicted molar refractivity (Wildman–Crippen MR) is 76.0 cm³/mol. The Morgan fingerprint density at radius 3 is 2.91 bits per heavy atom. The summed E-state index contributed by atoms with van der Waals surface area (Å²) in [7, 11) is 1.54. The maximum atomic E-state index is 13.4. The zero-order chi connectivity index (χ0) is 15.7. The Morgan fingerprint density at radius 2 is 2.23 bits per heavy atom. The van der Waals surface area contributed by atoms with Crippen molar-refractivity contribution >= 4 is 5.82 Å². The molecule has 2 heterocycles. The Labute approximate surface area is 126 Å². The van der Waals surface area contributed by atoms with Gasteiger partial charge in [-0.2, -0.15) is 10.4 Å². The molecule has 3 rings (SSSR count). The molecule has 1 aromatic carbocycles. The van der Waals surface area contributed by atoms with E-state index in [1.165, 1.54) is 18.0 Å². The van der Waals surface area contributed by atoms with Crippen molar-refractivity contribution in [1.29, 1.82) is 5.26 Å². The standard InChI is InChI=1S/C15H14F2N4O/c1-22-13-5-3-2-4-10(13)11-6-12(14(16)17)21-15(20-11)9(7-18)8-19-21/h2-5,8,11-12,14,20H,6H2,1H3/t11-,12+/m0/s1. The molecule has 0 aliphatic carbocycles. The van der Waals surface area contributed by atoms with E-state index in [2.05, 4.69) is 10.4 Å². The predicted octanol–water partition coefficient (Wildman–Crippen LogP) is 3.13. The van der Waals surface area contributed by atoms with Gasteiger partial charge in [-0.25, -0.2) is 13.5 Å². The topological polar surface area (TPSA) is 62.9 Å². The summed E-state index contributed by atoms with van der Waals surface area (Å²) in [6.45, 7) is 0. The van der Waals surface area contributed by atoms with Crippen molar-refractivity contribution in [1.82, 2.24) is 9.78 Å². The molecule has 0 saturated heterocycles. The van der Waals surface area contributed by atoms with Gasteiger partial charge in [0.25, 0.3) is 6.43 Å². The molecule has 7 heteroatoms. The van der Waals surface area contributed by atoms with Crippen molar-refractivity contribution in [3.05, 3.63) is 41.6 Å². The van der Waals surface area contributed by atoms with Crippen LogP contribution in [0.5, 0.6) is 5.75 Å². The fraction of sp³-hybridized carbons (Fsp3) is 0.333. The molecule has 0 unspecified atom stereocenters. The molecule has 0 radical (unpaired) electrons. The summed E-state index contributed by atoms with van der Waals surface area (Å²) >= 11 is 0. The lowest BCUT2D eigenvalue weighted by Gasteiger charge is -2.32. The van der Waals surface area contributed by atoms with Crippen LogP contribution in [0.25, 0.3) is 0 Å². The number of alkyl halides is 2. The lowest BCUT2D eigenvalue weighted by molar-refractivity contribution is 0.0657. The fourth-order valence-corrected chi connectivity index (χ4v) is 2.77. The van der Waals surface area contributed by atoms with Gasteiger partial charge in [-0.1, -0.05) is 18.2 Å². The van der Waals surface area contributed by atoms with E-state index in [-0.39, 0.29) is 18.0 Å². The Kier molecular flexibility index (Phi) is 3.67. The van der Waals surface area contributed by atoms with E-state index in [0.29, 0.717) is 11.6 Å². The average molecular weight is 304 g/mol. The van der Waals surface area contributed by atoms with Crippen LogP contribution in [0.3, 0.4) is 0 Å². The second-order valence-electron chi connectivity index (χ2n) is 5.04. The van der Waals surface area contributed by atoms with Crippen LogP contribution in [0.1, 0.15) is 29.6 Å². The van der Waals surface area contributed by atoms with Crippen LogP contribution in [-0.4, -0.2) is 23.3 Å². The van der Waals surface area contributed by atoms with Gasteiger partial charge in [0.15, 0.2) is 0 Å². The van der Waals surface area contributed by atoms with Crippen molar-refractivity contribution < 1.29 is 13.5 Å². The van der Waals surface area contributed by atoms with Gasteiger partial charge in [0.1, 0.15) is 29.2 Å².